The van der Waals surface area contributed by atoms with E-state index in [1.54, 1.807) is 30.3 Å². The highest BCUT2D eigenvalue weighted by Crippen LogP contribution is 2.13. The van der Waals surface area contributed by atoms with Crippen LogP contribution in [0.2, 0.25) is 0 Å². The van der Waals surface area contributed by atoms with Crippen LogP contribution >= 0.6 is 0 Å². The van der Waals surface area contributed by atoms with Crippen molar-refractivity contribution < 1.29 is 18.7 Å². The number of hydrogen-bond acceptors (Lipinski definition) is 4. The summed E-state index contributed by atoms with van der Waals surface area (Å²) in [6.07, 6.45) is 2.82. The topological polar surface area (TPSA) is 51.8 Å². The third-order valence-electron chi connectivity index (χ3n) is 1.71. The first kappa shape index (κ1) is 9.67. The first-order valence-corrected chi connectivity index (χ1v) is 4.43. The second-order valence-electron chi connectivity index (χ2n) is 2.81. The fourth-order valence-corrected chi connectivity index (χ4v) is 1.07. The van der Waals surface area contributed by atoms with E-state index in [-0.39, 0.29) is 0 Å². The first-order chi connectivity index (χ1) is 7.34. The molecule has 0 aliphatic carbocycles. The largest absolute Gasteiger partial charge is 0.785 e. The quantitative estimate of drug-likeness (QED) is 0.770. The molecule has 0 atom stereocenters. The highest BCUT2D eigenvalue weighted by molar-refractivity contribution is 6.36. The third kappa shape index (κ3) is 2.79. The SMILES string of the molecule is OB(Oc1ccccc1)Oc1ccoc1. The Bertz CT molecular complexity index is 387. The molecule has 0 radical (unpaired) electrons. The lowest BCUT2D eigenvalue weighted by molar-refractivity contribution is 0.296. The average Bonchev–Trinajstić information content (AvgIpc) is 2.71. The normalized spacial score (nSPS) is 9.67. The minimum absolute atomic E-state index is 0.415. The molecule has 0 saturated heterocycles. The van der Waals surface area contributed by atoms with Crippen LogP contribution in [0.4, 0.5) is 0 Å². The summed E-state index contributed by atoms with van der Waals surface area (Å²) < 4.78 is 14.9. The van der Waals surface area contributed by atoms with Gasteiger partial charge in [-0.15, -0.1) is 0 Å². The molecule has 4 nitrogen and oxygen atoms in total. The molecule has 1 N–H and O–H groups in total. The Hall–Kier alpha value is -1.88. The van der Waals surface area contributed by atoms with Crippen LogP contribution in [0.5, 0.6) is 11.5 Å². The van der Waals surface area contributed by atoms with Crippen LogP contribution in [0, 0.1) is 0 Å². The molecule has 2 aromatic rings. The van der Waals surface area contributed by atoms with E-state index in [9.17, 15) is 5.02 Å². The zero-order valence-corrected chi connectivity index (χ0v) is 7.87. The Labute approximate surface area is 87.2 Å². The number of para-hydroxylation sites is 1. The van der Waals surface area contributed by atoms with Gasteiger partial charge >= 0.3 is 7.32 Å². The van der Waals surface area contributed by atoms with Crippen LogP contribution in [-0.4, -0.2) is 12.3 Å². The van der Waals surface area contributed by atoms with E-state index in [1.165, 1.54) is 12.5 Å². The fourth-order valence-electron chi connectivity index (χ4n) is 1.07. The molecule has 0 spiro atoms. The van der Waals surface area contributed by atoms with E-state index in [1.807, 2.05) is 6.07 Å². The van der Waals surface area contributed by atoms with Gasteiger partial charge in [0.15, 0.2) is 0 Å². The Morgan fingerprint density at radius 1 is 1.00 bits per heavy atom. The van der Waals surface area contributed by atoms with E-state index in [0.29, 0.717) is 11.5 Å². The summed E-state index contributed by atoms with van der Waals surface area (Å²) >= 11 is 0. The van der Waals surface area contributed by atoms with Gasteiger partial charge < -0.3 is 18.7 Å². The molecule has 0 unspecified atom stereocenters. The van der Waals surface area contributed by atoms with Crippen LogP contribution in [0.1, 0.15) is 0 Å². The third-order valence-corrected chi connectivity index (χ3v) is 1.71. The highest BCUT2D eigenvalue weighted by Gasteiger charge is 2.21. The molecular formula is C10H9BO4. The van der Waals surface area contributed by atoms with E-state index in [0.717, 1.165) is 0 Å². The van der Waals surface area contributed by atoms with Crippen molar-refractivity contribution in [3.05, 3.63) is 48.9 Å². The monoisotopic (exact) mass is 204 g/mol. The molecule has 76 valence electrons. The molecule has 0 aliphatic rings. The van der Waals surface area contributed by atoms with Crippen molar-refractivity contribution in [2.24, 2.45) is 0 Å². The van der Waals surface area contributed by atoms with Gasteiger partial charge in [0.25, 0.3) is 0 Å². The van der Waals surface area contributed by atoms with Gasteiger partial charge in [-0.25, -0.2) is 0 Å². The van der Waals surface area contributed by atoms with Crippen LogP contribution in [0.3, 0.4) is 0 Å². The second kappa shape index (κ2) is 4.57. The second-order valence-corrected chi connectivity index (χ2v) is 2.81. The van der Waals surface area contributed by atoms with Crippen molar-refractivity contribution in [1.82, 2.24) is 0 Å². The molecule has 0 saturated carbocycles. The maximum absolute atomic E-state index is 9.39. The van der Waals surface area contributed by atoms with Crippen LogP contribution in [0.25, 0.3) is 0 Å². The number of benzene rings is 1. The van der Waals surface area contributed by atoms with Gasteiger partial charge in [0.1, 0.15) is 17.8 Å². The lowest BCUT2D eigenvalue weighted by Gasteiger charge is -2.08. The maximum atomic E-state index is 9.39. The summed E-state index contributed by atoms with van der Waals surface area (Å²) in [5.74, 6) is 0.951. The summed E-state index contributed by atoms with van der Waals surface area (Å²) in [5, 5.41) is 9.39. The molecular weight excluding hydrogens is 195 g/mol. The van der Waals surface area contributed by atoms with E-state index in [4.69, 9.17) is 13.7 Å². The Balaban J connectivity index is 1.90. The Morgan fingerprint density at radius 3 is 2.40 bits per heavy atom. The predicted molar refractivity (Wildman–Crippen MR) is 54.4 cm³/mol. The molecule has 1 heterocycles. The maximum Gasteiger partial charge on any atom is 0.785 e. The van der Waals surface area contributed by atoms with Crippen LogP contribution in [0.15, 0.2) is 53.3 Å². The molecule has 2 rings (SSSR count). The summed E-state index contributed by atoms with van der Waals surface area (Å²) in [5.41, 5.74) is 0. The van der Waals surface area contributed by atoms with Gasteiger partial charge in [-0.3, -0.25) is 0 Å². The molecule has 0 amide bonds. The average molecular weight is 204 g/mol. The number of furan rings is 1. The fraction of sp³-hybridized carbons (Fsp3) is 0. The summed E-state index contributed by atoms with van der Waals surface area (Å²) in [7, 11) is -1.34. The highest BCUT2D eigenvalue weighted by atomic mass is 16.7. The van der Waals surface area contributed by atoms with E-state index < -0.39 is 7.32 Å². The minimum Gasteiger partial charge on any atom is -0.501 e. The van der Waals surface area contributed by atoms with Crippen molar-refractivity contribution >= 4 is 7.32 Å². The number of rotatable bonds is 4. The molecule has 0 bridgehead atoms. The minimum atomic E-state index is -1.34. The molecule has 15 heavy (non-hydrogen) atoms. The molecule has 1 aromatic carbocycles. The molecule has 5 heteroatoms. The summed E-state index contributed by atoms with van der Waals surface area (Å²) in [6, 6.07) is 10.5. The van der Waals surface area contributed by atoms with Gasteiger partial charge in [-0.2, -0.15) is 0 Å². The van der Waals surface area contributed by atoms with E-state index in [2.05, 4.69) is 0 Å². The lowest BCUT2D eigenvalue weighted by Crippen LogP contribution is -2.29. The van der Waals surface area contributed by atoms with E-state index >= 15 is 0 Å². The van der Waals surface area contributed by atoms with Crippen molar-refractivity contribution in [3.8, 4) is 11.5 Å². The van der Waals surface area contributed by atoms with Gasteiger partial charge in [-0.05, 0) is 12.1 Å². The number of hydrogen-bond donors (Lipinski definition) is 1. The standard InChI is InChI=1S/C10H9BO4/c12-11(15-10-6-7-13-8-10)14-9-4-2-1-3-5-9/h1-8,12H. The summed E-state index contributed by atoms with van der Waals surface area (Å²) in [6.45, 7) is 0. The van der Waals surface area contributed by atoms with Crippen molar-refractivity contribution in [1.29, 1.82) is 0 Å². The Morgan fingerprint density at radius 2 is 1.73 bits per heavy atom. The molecule has 0 fully saturated rings. The van der Waals surface area contributed by atoms with Gasteiger partial charge in [0.05, 0.1) is 6.26 Å². The van der Waals surface area contributed by atoms with Crippen molar-refractivity contribution in [3.63, 3.8) is 0 Å². The van der Waals surface area contributed by atoms with Gasteiger partial charge in [0, 0.05) is 6.07 Å². The zero-order valence-electron chi connectivity index (χ0n) is 7.87. The summed E-state index contributed by atoms with van der Waals surface area (Å²) in [4.78, 5) is 0. The van der Waals surface area contributed by atoms with Gasteiger partial charge in [-0.1, -0.05) is 18.2 Å². The van der Waals surface area contributed by atoms with Crippen LogP contribution in [-0.2, 0) is 0 Å². The first-order valence-electron chi connectivity index (χ1n) is 4.43. The molecule has 0 aliphatic heterocycles. The Kier molecular flexibility index (Phi) is 2.95. The van der Waals surface area contributed by atoms with Crippen LogP contribution < -0.4 is 9.31 Å². The van der Waals surface area contributed by atoms with Crippen molar-refractivity contribution in [2.75, 3.05) is 0 Å². The zero-order chi connectivity index (χ0) is 10.5. The predicted octanol–water partition coefficient (Wildman–Crippen LogP) is 1.71. The lowest BCUT2D eigenvalue weighted by atomic mass is 10.2. The molecule has 1 aromatic heterocycles. The van der Waals surface area contributed by atoms with Gasteiger partial charge in [0.2, 0.25) is 0 Å². The smallest absolute Gasteiger partial charge is 0.501 e. The van der Waals surface area contributed by atoms with Crippen molar-refractivity contribution in [2.45, 2.75) is 0 Å².